The number of halogens is 1. The molecule has 170 valence electrons. The Balaban J connectivity index is 1.74. The molecule has 0 spiro atoms. The summed E-state index contributed by atoms with van der Waals surface area (Å²) in [7, 11) is 2.09. The van der Waals surface area contributed by atoms with Gasteiger partial charge in [-0.2, -0.15) is 0 Å². The van der Waals surface area contributed by atoms with Gasteiger partial charge in [-0.15, -0.1) is 0 Å². The fourth-order valence-electron chi connectivity index (χ4n) is 3.90. The smallest absolute Gasteiger partial charge is 0.290 e. The van der Waals surface area contributed by atoms with Crippen LogP contribution in [-0.4, -0.2) is 60.1 Å². The molecule has 0 aliphatic carbocycles. The van der Waals surface area contributed by atoms with Crippen molar-refractivity contribution in [2.24, 2.45) is 0 Å². The van der Waals surface area contributed by atoms with Crippen LogP contribution in [0.15, 0.2) is 51.6 Å². The molecule has 1 atom stereocenters. The maximum Gasteiger partial charge on any atom is 0.290 e. The highest BCUT2D eigenvalue weighted by Crippen LogP contribution is 2.34. The first-order valence-corrected chi connectivity index (χ1v) is 11.0. The van der Waals surface area contributed by atoms with E-state index in [9.17, 15) is 9.18 Å². The number of piperazine rings is 1. The number of carbonyl (C=O) groups is 1. The SMILES string of the molecule is CC[C@@H](C)N(Cc1c(-c2ccc(F)cc2)noc1N1CCN(C)CC1)C(=O)c1ccco1. The Morgan fingerprint density at radius 3 is 2.53 bits per heavy atom. The van der Waals surface area contributed by atoms with Crippen molar-refractivity contribution in [3.05, 3.63) is 59.8 Å². The maximum atomic E-state index is 13.5. The summed E-state index contributed by atoms with van der Waals surface area (Å²) < 4.78 is 24.8. The van der Waals surface area contributed by atoms with E-state index in [2.05, 4.69) is 22.0 Å². The van der Waals surface area contributed by atoms with Crippen molar-refractivity contribution in [1.29, 1.82) is 0 Å². The molecule has 32 heavy (non-hydrogen) atoms. The molecule has 8 heteroatoms. The van der Waals surface area contributed by atoms with Crippen LogP contribution < -0.4 is 4.90 Å². The van der Waals surface area contributed by atoms with Gasteiger partial charge in [0.15, 0.2) is 5.76 Å². The minimum absolute atomic E-state index is 0.0242. The van der Waals surface area contributed by atoms with Gasteiger partial charge in [0.2, 0.25) is 5.88 Å². The van der Waals surface area contributed by atoms with Crippen LogP contribution in [0.3, 0.4) is 0 Å². The molecule has 1 aliphatic rings. The third kappa shape index (κ3) is 4.55. The Kier molecular flexibility index (Phi) is 6.60. The molecule has 0 saturated carbocycles. The lowest BCUT2D eigenvalue weighted by atomic mass is 10.0. The molecular formula is C24H29FN4O3. The van der Waals surface area contributed by atoms with E-state index >= 15 is 0 Å². The molecule has 1 aliphatic heterocycles. The first-order valence-electron chi connectivity index (χ1n) is 11.0. The Hall–Kier alpha value is -3.13. The zero-order valence-electron chi connectivity index (χ0n) is 18.8. The van der Waals surface area contributed by atoms with Crippen molar-refractivity contribution >= 4 is 11.8 Å². The van der Waals surface area contributed by atoms with E-state index in [4.69, 9.17) is 8.94 Å². The zero-order chi connectivity index (χ0) is 22.7. The normalized spacial score (nSPS) is 15.7. The molecule has 7 nitrogen and oxygen atoms in total. The zero-order valence-corrected chi connectivity index (χ0v) is 18.8. The van der Waals surface area contributed by atoms with Gasteiger partial charge in [-0.25, -0.2) is 4.39 Å². The summed E-state index contributed by atoms with van der Waals surface area (Å²) in [5, 5.41) is 4.36. The fraction of sp³-hybridized carbons (Fsp3) is 0.417. The third-order valence-corrected chi connectivity index (χ3v) is 6.12. The van der Waals surface area contributed by atoms with Crippen molar-refractivity contribution in [2.45, 2.75) is 32.9 Å². The van der Waals surface area contributed by atoms with Crippen molar-refractivity contribution in [2.75, 3.05) is 38.1 Å². The van der Waals surface area contributed by atoms with Gasteiger partial charge in [0, 0.05) is 37.8 Å². The summed E-state index contributed by atoms with van der Waals surface area (Å²) in [6.07, 6.45) is 2.29. The molecule has 0 unspecified atom stereocenters. The van der Waals surface area contributed by atoms with E-state index < -0.39 is 0 Å². The molecule has 0 bridgehead atoms. The van der Waals surface area contributed by atoms with Crippen LogP contribution in [0, 0.1) is 5.82 Å². The number of rotatable bonds is 7. The summed E-state index contributed by atoms with van der Waals surface area (Å²) in [5.41, 5.74) is 2.20. The Morgan fingerprint density at radius 2 is 1.91 bits per heavy atom. The Morgan fingerprint density at radius 1 is 1.19 bits per heavy atom. The number of furan rings is 1. The van der Waals surface area contributed by atoms with E-state index in [1.165, 1.54) is 18.4 Å². The lowest BCUT2D eigenvalue weighted by Gasteiger charge is -2.33. The lowest BCUT2D eigenvalue weighted by molar-refractivity contribution is 0.0639. The number of hydrogen-bond donors (Lipinski definition) is 0. The first kappa shape index (κ1) is 22.1. The molecule has 1 aromatic carbocycles. The molecule has 0 N–H and O–H groups in total. The monoisotopic (exact) mass is 440 g/mol. The number of anilines is 1. The van der Waals surface area contributed by atoms with Crippen molar-refractivity contribution in [3.63, 3.8) is 0 Å². The fourth-order valence-corrected chi connectivity index (χ4v) is 3.90. The predicted molar refractivity (Wildman–Crippen MR) is 120 cm³/mol. The largest absolute Gasteiger partial charge is 0.459 e. The molecule has 2 aromatic heterocycles. The van der Waals surface area contributed by atoms with E-state index in [1.807, 2.05) is 13.8 Å². The summed E-state index contributed by atoms with van der Waals surface area (Å²) in [5.74, 6) is 0.469. The summed E-state index contributed by atoms with van der Waals surface area (Å²) in [4.78, 5) is 19.5. The molecule has 1 amide bonds. The first-order chi connectivity index (χ1) is 15.5. The topological polar surface area (TPSA) is 66.0 Å². The highest BCUT2D eigenvalue weighted by molar-refractivity contribution is 5.91. The van der Waals surface area contributed by atoms with Gasteiger partial charge < -0.3 is 23.6 Å². The molecule has 0 radical (unpaired) electrons. The van der Waals surface area contributed by atoms with E-state index in [0.29, 0.717) is 23.9 Å². The molecule has 3 heterocycles. The van der Waals surface area contributed by atoms with Crippen LogP contribution in [0.4, 0.5) is 10.3 Å². The number of carbonyl (C=O) groups excluding carboxylic acids is 1. The summed E-state index contributed by atoms with van der Waals surface area (Å²) in [6.45, 7) is 7.80. The van der Waals surface area contributed by atoms with Gasteiger partial charge >= 0.3 is 0 Å². The van der Waals surface area contributed by atoms with Crippen LogP contribution >= 0.6 is 0 Å². The second-order valence-corrected chi connectivity index (χ2v) is 8.28. The summed E-state index contributed by atoms with van der Waals surface area (Å²) in [6, 6.07) is 9.55. The second-order valence-electron chi connectivity index (χ2n) is 8.28. The standard InChI is InChI=1S/C24H29FN4O3/c1-4-17(2)29(23(30)21-6-5-15-31-21)16-20-22(18-7-9-19(25)10-8-18)26-32-24(20)28-13-11-27(3)12-14-28/h5-10,15,17H,4,11-14,16H2,1-3H3/t17-/m1/s1. The number of likely N-dealkylation sites (N-methyl/N-ethyl adjacent to an activating group) is 1. The number of benzene rings is 1. The van der Waals surface area contributed by atoms with Gasteiger partial charge in [-0.3, -0.25) is 4.79 Å². The number of hydrogen-bond acceptors (Lipinski definition) is 6. The van der Waals surface area contributed by atoms with Gasteiger partial charge in [0.05, 0.1) is 18.4 Å². The molecule has 1 saturated heterocycles. The molecule has 1 fully saturated rings. The van der Waals surface area contributed by atoms with E-state index in [0.717, 1.165) is 43.7 Å². The molecule has 3 aromatic rings. The van der Waals surface area contributed by atoms with Gasteiger partial charge in [-0.1, -0.05) is 12.1 Å². The lowest BCUT2D eigenvalue weighted by Crippen LogP contribution is -2.45. The van der Waals surface area contributed by atoms with Gasteiger partial charge in [0.25, 0.3) is 5.91 Å². The van der Waals surface area contributed by atoms with Crippen molar-refractivity contribution < 1.29 is 18.1 Å². The Labute approximate surface area is 187 Å². The average Bonchev–Trinajstić information content (AvgIpc) is 3.48. The van der Waals surface area contributed by atoms with Crippen molar-refractivity contribution in [1.82, 2.24) is 15.0 Å². The quantitative estimate of drug-likeness (QED) is 0.547. The van der Waals surface area contributed by atoms with Crippen LogP contribution in [0.5, 0.6) is 0 Å². The highest BCUT2D eigenvalue weighted by Gasteiger charge is 2.30. The van der Waals surface area contributed by atoms with Crippen LogP contribution in [-0.2, 0) is 6.54 Å². The van der Waals surface area contributed by atoms with E-state index in [1.54, 1.807) is 29.2 Å². The van der Waals surface area contributed by atoms with Gasteiger partial charge in [0.1, 0.15) is 11.5 Å². The number of aromatic nitrogens is 1. The molecular weight excluding hydrogens is 411 g/mol. The third-order valence-electron chi connectivity index (χ3n) is 6.12. The minimum atomic E-state index is -0.313. The number of nitrogens with zero attached hydrogens (tertiary/aromatic N) is 4. The van der Waals surface area contributed by atoms with Gasteiger partial charge in [-0.05, 0) is 56.8 Å². The Bertz CT molecular complexity index is 1020. The van der Waals surface area contributed by atoms with Crippen LogP contribution in [0.1, 0.15) is 36.4 Å². The van der Waals surface area contributed by atoms with Crippen molar-refractivity contribution in [3.8, 4) is 11.3 Å². The second kappa shape index (κ2) is 9.56. The van der Waals surface area contributed by atoms with Crippen LogP contribution in [0.2, 0.25) is 0 Å². The minimum Gasteiger partial charge on any atom is -0.459 e. The average molecular weight is 441 g/mol. The number of amides is 1. The molecule has 4 rings (SSSR count). The summed E-state index contributed by atoms with van der Waals surface area (Å²) >= 11 is 0. The van der Waals surface area contributed by atoms with E-state index in [-0.39, 0.29) is 17.8 Å². The highest BCUT2D eigenvalue weighted by atomic mass is 19.1. The van der Waals surface area contributed by atoms with Crippen LogP contribution in [0.25, 0.3) is 11.3 Å². The predicted octanol–water partition coefficient (Wildman–Crippen LogP) is 4.27. The maximum absolute atomic E-state index is 13.5.